The molecule has 0 spiro atoms. The van der Waals surface area contributed by atoms with Crippen LogP contribution in [0.3, 0.4) is 0 Å². The highest BCUT2D eigenvalue weighted by Gasteiger charge is 2.08. The van der Waals surface area contributed by atoms with Crippen LogP contribution in [0.25, 0.3) is 0 Å². The second kappa shape index (κ2) is 8.20. The molecule has 0 saturated heterocycles. The van der Waals surface area contributed by atoms with Crippen LogP contribution in [-0.4, -0.2) is 19.8 Å². The van der Waals surface area contributed by atoms with Crippen LogP contribution in [0.4, 0.5) is 4.39 Å². The number of rotatable bonds is 8. The summed E-state index contributed by atoms with van der Waals surface area (Å²) in [7, 11) is 0. The van der Waals surface area contributed by atoms with Crippen LogP contribution < -0.4 is 5.32 Å². The summed E-state index contributed by atoms with van der Waals surface area (Å²) >= 11 is 0. The molecule has 0 bridgehead atoms. The van der Waals surface area contributed by atoms with Crippen LogP contribution in [0.1, 0.15) is 38.3 Å². The summed E-state index contributed by atoms with van der Waals surface area (Å²) in [5.41, 5.74) is 0.709. The fourth-order valence-corrected chi connectivity index (χ4v) is 1.63. The van der Waals surface area contributed by atoms with Gasteiger partial charge in [0.1, 0.15) is 5.82 Å². The first kappa shape index (κ1) is 14.1. The minimum atomic E-state index is -0.153. The first-order chi connectivity index (χ1) is 8.25. The Balaban J connectivity index is 2.21. The van der Waals surface area contributed by atoms with Crippen LogP contribution in [-0.2, 0) is 4.74 Å². The average Bonchev–Trinajstić information content (AvgIpc) is 2.34. The fraction of sp³-hybridized carbons (Fsp3) is 0.571. The minimum Gasteiger partial charge on any atom is -0.380 e. The number of hydrogen-bond donors (Lipinski definition) is 1. The first-order valence-corrected chi connectivity index (χ1v) is 6.31. The van der Waals surface area contributed by atoms with Gasteiger partial charge in [0.15, 0.2) is 0 Å². The second-order valence-corrected chi connectivity index (χ2v) is 4.16. The van der Waals surface area contributed by atoms with Gasteiger partial charge in [-0.25, -0.2) is 4.39 Å². The van der Waals surface area contributed by atoms with Crippen molar-refractivity contribution in [3.8, 4) is 0 Å². The fourth-order valence-electron chi connectivity index (χ4n) is 1.63. The summed E-state index contributed by atoms with van der Waals surface area (Å²) in [6.07, 6.45) is 2.25. The summed E-state index contributed by atoms with van der Waals surface area (Å²) in [6, 6.07) is 6.88. The lowest BCUT2D eigenvalue weighted by molar-refractivity contribution is 0.131. The van der Waals surface area contributed by atoms with Gasteiger partial charge in [-0.2, -0.15) is 0 Å². The zero-order valence-electron chi connectivity index (χ0n) is 10.7. The predicted octanol–water partition coefficient (Wildman–Crippen LogP) is 3.29. The molecule has 1 aromatic rings. The van der Waals surface area contributed by atoms with E-state index in [0.29, 0.717) is 12.2 Å². The summed E-state index contributed by atoms with van der Waals surface area (Å²) in [5, 5.41) is 3.25. The van der Waals surface area contributed by atoms with Crippen molar-refractivity contribution in [2.24, 2.45) is 0 Å². The van der Waals surface area contributed by atoms with Gasteiger partial charge in [-0.15, -0.1) is 0 Å². The molecule has 0 fully saturated rings. The molecule has 96 valence electrons. The Bertz CT molecular complexity index is 317. The Kier molecular flexibility index (Phi) is 6.82. The summed E-state index contributed by atoms with van der Waals surface area (Å²) in [5.74, 6) is -0.153. The lowest BCUT2D eigenvalue weighted by Gasteiger charge is -2.14. The van der Waals surface area contributed by atoms with Gasteiger partial charge in [0.2, 0.25) is 0 Å². The Hall–Kier alpha value is -0.930. The molecule has 2 nitrogen and oxygen atoms in total. The molecule has 0 saturated carbocycles. The van der Waals surface area contributed by atoms with E-state index >= 15 is 0 Å². The maximum absolute atomic E-state index is 13.4. The molecule has 1 aromatic carbocycles. The summed E-state index contributed by atoms with van der Waals surface area (Å²) < 4.78 is 18.9. The van der Waals surface area contributed by atoms with Crippen molar-refractivity contribution in [2.75, 3.05) is 19.8 Å². The molecule has 1 unspecified atom stereocenters. The molecule has 3 heteroatoms. The van der Waals surface area contributed by atoms with E-state index in [1.807, 2.05) is 19.1 Å². The Morgan fingerprint density at radius 2 is 2.06 bits per heavy atom. The number of hydrogen-bond acceptors (Lipinski definition) is 2. The van der Waals surface area contributed by atoms with Gasteiger partial charge in [0.25, 0.3) is 0 Å². The summed E-state index contributed by atoms with van der Waals surface area (Å²) in [4.78, 5) is 0. The molecule has 0 aliphatic carbocycles. The number of unbranched alkanes of at least 4 members (excludes halogenated alkanes) is 1. The van der Waals surface area contributed by atoms with Crippen molar-refractivity contribution in [3.63, 3.8) is 0 Å². The molecular formula is C14H22FNO. The molecule has 1 rings (SSSR count). The Labute approximate surface area is 103 Å². The average molecular weight is 239 g/mol. The highest BCUT2D eigenvalue weighted by atomic mass is 19.1. The number of ether oxygens (including phenoxy) is 1. The van der Waals surface area contributed by atoms with Gasteiger partial charge in [-0.05, 0) is 19.4 Å². The quantitative estimate of drug-likeness (QED) is 0.703. The van der Waals surface area contributed by atoms with Crippen LogP contribution in [0, 0.1) is 5.82 Å². The van der Waals surface area contributed by atoms with E-state index in [4.69, 9.17) is 4.74 Å². The Morgan fingerprint density at radius 3 is 2.76 bits per heavy atom. The van der Waals surface area contributed by atoms with E-state index in [2.05, 4.69) is 12.2 Å². The van der Waals surface area contributed by atoms with Gasteiger partial charge < -0.3 is 10.1 Å². The second-order valence-electron chi connectivity index (χ2n) is 4.16. The third kappa shape index (κ3) is 5.29. The third-order valence-electron chi connectivity index (χ3n) is 2.71. The van der Waals surface area contributed by atoms with Crippen molar-refractivity contribution >= 4 is 0 Å². The standard InChI is InChI=1S/C14H22FNO/c1-3-4-10-17-11-9-16-12(2)13-7-5-6-8-14(13)15/h5-8,12,16H,3-4,9-11H2,1-2H3. The molecule has 1 N–H and O–H groups in total. The van der Waals surface area contributed by atoms with Crippen LogP contribution in [0.5, 0.6) is 0 Å². The van der Waals surface area contributed by atoms with Crippen molar-refractivity contribution in [1.82, 2.24) is 5.32 Å². The molecule has 0 amide bonds. The van der Waals surface area contributed by atoms with Gasteiger partial charge >= 0.3 is 0 Å². The van der Waals surface area contributed by atoms with Crippen LogP contribution in [0.2, 0.25) is 0 Å². The van der Waals surface area contributed by atoms with Gasteiger partial charge in [-0.1, -0.05) is 31.5 Å². The van der Waals surface area contributed by atoms with E-state index in [9.17, 15) is 4.39 Å². The first-order valence-electron chi connectivity index (χ1n) is 6.31. The number of benzene rings is 1. The largest absolute Gasteiger partial charge is 0.380 e. The molecule has 0 radical (unpaired) electrons. The van der Waals surface area contributed by atoms with Crippen molar-refractivity contribution < 1.29 is 9.13 Å². The van der Waals surface area contributed by atoms with E-state index in [0.717, 1.165) is 26.0 Å². The third-order valence-corrected chi connectivity index (χ3v) is 2.71. The lowest BCUT2D eigenvalue weighted by Crippen LogP contribution is -2.24. The van der Waals surface area contributed by atoms with Crippen molar-refractivity contribution in [2.45, 2.75) is 32.7 Å². The molecule has 0 aromatic heterocycles. The zero-order valence-corrected chi connectivity index (χ0v) is 10.7. The smallest absolute Gasteiger partial charge is 0.127 e. The van der Waals surface area contributed by atoms with E-state index in [1.54, 1.807) is 6.07 Å². The molecule has 0 aliphatic rings. The monoisotopic (exact) mass is 239 g/mol. The van der Waals surface area contributed by atoms with Crippen molar-refractivity contribution in [1.29, 1.82) is 0 Å². The lowest BCUT2D eigenvalue weighted by atomic mass is 10.1. The van der Waals surface area contributed by atoms with Gasteiger partial charge in [0.05, 0.1) is 6.61 Å². The highest BCUT2D eigenvalue weighted by molar-refractivity contribution is 5.20. The maximum atomic E-state index is 13.4. The SMILES string of the molecule is CCCCOCCNC(C)c1ccccc1F. The van der Waals surface area contributed by atoms with Crippen LogP contribution in [0.15, 0.2) is 24.3 Å². The normalized spacial score (nSPS) is 12.6. The predicted molar refractivity (Wildman–Crippen MR) is 68.5 cm³/mol. The molecule has 1 atom stereocenters. The van der Waals surface area contributed by atoms with Crippen molar-refractivity contribution in [3.05, 3.63) is 35.6 Å². The Morgan fingerprint density at radius 1 is 1.29 bits per heavy atom. The van der Waals surface area contributed by atoms with Gasteiger partial charge in [0, 0.05) is 24.8 Å². The van der Waals surface area contributed by atoms with Gasteiger partial charge in [-0.3, -0.25) is 0 Å². The van der Waals surface area contributed by atoms with E-state index in [1.165, 1.54) is 6.07 Å². The minimum absolute atomic E-state index is 0.0194. The number of halogens is 1. The molecular weight excluding hydrogens is 217 g/mol. The number of nitrogens with one attached hydrogen (secondary N) is 1. The van der Waals surface area contributed by atoms with E-state index < -0.39 is 0 Å². The molecule has 17 heavy (non-hydrogen) atoms. The van der Waals surface area contributed by atoms with E-state index in [-0.39, 0.29) is 11.9 Å². The maximum Gasteiger partial charge on any atom is 0.127 e. The topological polar surface area (TPSA) is 21.3 Å². The van der Waals surface area contributed by atoms with Crippen LogP contribution >= 0.6 is 0 Å². The molecule has 0 aliphatic heterocycles. The highest BCUT2D eigenvalue weighted by Crippen LogP contribution is 2.15. The molecule has 0 heterocycles. The summed E-state index contributed by atoms with van der Waals surface area (Å²) in [6.45, 7) is 6.34. The zero-order chi connectivity index (χ0) is 12.5.